The van der Waals surface area contributed by atoms with Crippen LogP contribution in [0.1, 0.15) is 12.5 Å². The fourth-order valence-electron chi connectivity index (χ4n) is 1.88. The molecule has 0 aliphatic heterocycles. The summed E-state index contributed by atoms with van der Waals surface area (Å²) in [6.45, 7) is 2.31. The van der Waals surface area contributed by atoms with Gasteiger partial charge in [0.15, 0.2) is 0 Å². The molecule has 3 N–H and O–H groups in total. The molecule has 0 atom stereocenters. The predicted octanol–water partition coefficient (Wildman–Crippen LogP) is 0.366. The number of hydrogen-bond acceptors (Lipinski definition) is 4. The molecular formula is C13H15N3O3. The van der Waals surface area contributed by atoms with E-state index >= 15 is 0 Å². The molecule has 0 saturated carbocycles. The molecule has 1 heterocycles. The molecule has 0 spiro atoms. The molecule has 0 bridgehead atoms. The number of benzene rings is 1. The third-order valence-corrected chi connectivity index (χ3v) is 2.86. The van der Waals surface area contributed by atoms with Gasteiger partial charge in [-0.25, -0.2) is 4.79 Å². The van der Waals surface area contributed by atoms with Crippen molar-refractivity contribution in [3.05, 3.63) is 56.9 Å². The van der Waals surface area contributed by atoms with Crippen LogP contribution in [0.5, 0.6) is 5.75 Å². The minimum atomic E-state index is -0.516. The lowest BCUT2D eigenvalue weighted by molar-refractivity contribution is 0.474. The first kappa shape index (κ1) is 12.9. The van der Waals surface area contributed by atoms with E-state index in [1.165, 1.54) is 22.9 Å². The first-order valence-electron chi connectivity index (χ1n) is 5.90. The minimum absolute atomic E-state index is 0.0293. The second kappa shape index (κ2) is 5.01. The summed E-state index contributed by atoms with van der Waals surface area (Å²) >= 11 is 0. The highest BCUT2D eigenvalue weighted by molar-refractivity contribution is 5.32. The van der Waals surface area contributed by atoms with E-state index in [9.17, 15) is 14.7 Å². The lowest BCUT2D eigenvalue weighted by Gasteiger charge is -2.10. The van der Waals surface area contributed by atoms with Gasteiger partial charge in [-0.05, 0) is 24.6 Å². The van der Waals surface area contributed by atoms with Gasteiger partial charge in [0.05, 0.1) is 6.54 Å². The van der Waals surface area contributed by atoms with Crippen molar-refractivity contribution in [1.29, 1.82) is 0 Å². The largest absolute Gasteiger partial charge is 0.508 e. The zero-order valence-electron chi connectivity index (χ0n) is 10.5. The Hall–Kier alpha value is -2.50. The molecule has 6 heteroatoms. The number of aromatic nitrogens is 2. The van der Waals surface area contributed by atoms with Crippen LogP contribution in [0.25, 0.3) is 0 Å². The van der Waals surface area contributed by atoms with Gasteiger partial charge >= 0.3 is 5.69 Å². The average molecular weight is 261 g/mol. The molecule has 1 aromatic heterocycles. The number of phenols is 1. The van der Waals surface area contributed by atoms with E-state index in [0.717, 1.165) is 4.57 Å². The van der Waals surface area contributed by atoms with Crippen molar-refractivity contribution in [1.82, 2.24) is 9.13 Å². The molecule has 0 radical (unpaired) electrons. The summed E-state index contributed by atoms with van der Waals surface area (Å²) in [5.74, 6) is 0.0882. The van der Waals surface area contributed by atoms with Crippen LogP contribution in [0.2, 0.25) is 0 Å². The van der Waals surface area contributed by atoms with Gasteiger partial charge in [0.25, 0.3) is 5.56 Å². The molecule has 19 heavy (non-hydrogen) atoms. The number of hydrogen-bond donors (Lipinski definition) is 2. The SMILES string of the molecule is CCn1cc(N)c(=O)n(Cc2cccc(O)c2)c1=O. The van der Waals surface area contributed by atoms with Crippen LogP contribution in [-0.2, 0) is 13.1 Å². The molecule has 0 unspecified atom stereocenters. The molecule has 0 fully saturated rings. The zero-order chi connectivity index (χ0) is 14.0. The second-order valence-electron chi connectivity index (χ2n) is 4.21. The monoisotopic (exact) mass is 261 g/mol. The van der Waals surface area contributed by atoms with Gasteiger partial charge in [-0.1, -0.05) is 12.1 Å². The first-order chi connectivity index (χ1) is 9.02. The number of anilines is 1. The molecule has 0 aliphatic carbocycles. The maximum atomic E-state index is 12.1. The van der Waals surface area contributed by atoms with Crippen molar-refractivity contribution < 1.29 is 5.11 Å². The predicted molar refractivity (Wildman–Crippen MR) is 72.3 cm³/mol. The maximum absolute atomic E-state index is 12.1. The molecule has 2 rings (SSSR count). The van der Waals surface area contributed by atoms with Crippen LogP contribution >= 0.6 is 0 Å². The van der Waals surface area contributed by atoms with E-state index in [2.05, 4.69) is 0 Å². The Labute approximate surface area is 109 Å². The van der Waals surface area contributed by atoms with E-state index in [0.29, 0.717) is 12.1 Å². The molecule has 100 valence electrons. The number of aromatic hydroxyl groups is 1. The van der Waals surface area contributed by atoms with Crippen molar-refractivity contribution in [2.24, 2.45) is 0 Å². The van der Waals surface area contributed by atoms with Crippen molar-refractivity contribution in [3.8, 4) is 5.75 Å². The highest BCUT2D eigenvalue weighted by atomic mass is 16.3. The van der Waals surface area contributed by atoms with Gasteiger partial charge < -0.3 is 10.8 Å². The number of phenolic OH excluding ortho intramolecular Hbond substituents is 1. The van der Waals surface area contributed by atoms with Crippen LogP contribution in [-0.4, -0.2) is 14.2 Å². The normalized spacial score (nSPS) is 10.6. The highest BCUT2D eigenvalue weighted by Crippen LogP contribution is 2.11. The van der Waals surface area contributed by atoms with Gasteiger partial charge in [-0.15, -0.1) is 0 Å². The topological polar surface area (TPSA) is 90.2 Å². The number of nitrogen functional groups attached to an aromatic ring is 1. The van der Waals surface area contributed by atoms with Gasteiger partial charge in [-0.2, -0.15) is 0 Å². The van der Waals surface area contributed by atoms with Gasteiger partial charge in [0.2, 0.25) is 0 Å². The Morgan fingerprint density at radius 1 is 1.32 bits per heavy atom. The smallest absolute Gasteiger partial charge is 0.331 e. The van der Waals surface area contributed by atoms with Crippen molar-refractivity contribution in [2.45, 2.75) is 20.0 Å². The Bertz CT molecular complexity index is 716. The second-order valence-corrected chi connectivity index (χ2v) is 4.21. The number of rotatable bonds is 3. The standard InChI is InChI=1S/C13H15N3O3/c1-2-15-8-11(14)12(18)16(13(15)19)7-9-4-3-5-10(17)6-9/h3-6,8,17H,2,7,14H2,1H3. The third kappa shape index (κ3) is 2.52. The van der Waals surface area contributed by atoms with Crippen LogP contribution < -0.4 is 17.0 Å². The summed E-state index contributed by atoms with van der Waals surface area (Å²) in [6, 6.07) is 6.41. The molecule has 0 amide bonds. The van der Waals surface area contributed by atoms with E-state index in [1.807, 2.05) is 0 Å². The number of nitrogens with two attached hydrogens (primary N) is 1. The molecule has 0 aliphatic rings. The lowest BCUT2D eigenvalue weighted by atomic mass is 10.2. The Balaban J connectivity index is 2.54. The Morgan fingerprint density at radius 2 is 2.05 bits per heavy atom. The van der Waals surface area contributed by atoms with Gasteiger partial charge in [0, 0.05) is 12.7 Å². The third-order valence-electron chi connectivity index (χ3n) is 2.86. The fourth-order valence-corrected chi connectivity index (χ4v) is 1.88. The quantitative estimate of drug-likeness (QED) is 0.835. The summed E-state index contributed by atoms with van der Waals surface area (Å²) in [4.78, 5) is 24.0. The lowest BCUT2D eigenvalue weighted by Crippen LogP contribution is -2.40. The van der Waals surface area contributed by atoms with E-state index in [-0.39, 0.29) is 18.0 Å². The van der Waals surface area contributed by atoms with E-state index in [1.54, 1.807) is 19.1 Å². The number of nitrogens with zero attached hydrogens (tertiary/aromatic N) is 2. The van der Waals surface area contributed by atoms with Gasteiger partial charge in [0.1, 0.15) is 11.4 Å². The molecule has 6 nitrogen and oxygen atoms in total. The van der Waals surface area contributed by atoms with Crippen LogP contribution in [0.4, 0.5) is 5.69 Å². The summed E-state index contributed by atoms with van der Waals surface area (Å²) < 4.78 is 2.44. The number of aryl methyl sites for hydroxylation is 1. The molecule has 2 aromatic rings. The van der Waals surface area contributed by atoms with Crippen LogP contribution in [0.15, 0.2) is 40.1 Å². The van der Waals surface area contributed by atoms with Crippen molar-refractivity contribution in [2.75, 3.05) is 5.73 Å². The van der Waals surface area contributed by atoms with Crippen molar-refractivity contribution >= 4 is 5.69 Å². The summed E-state index contributed by atoms with van der Waals surface area (Å²) in [6.07, 6.45) is 1.35. The van der Waals surface area contributed by atoms with Crippen LogP contribution in [0, 0.1) is 0 Å². The van der Waals surface area contributed by atoms with Gasteiger partial charge in [-0.3, -0.25) is 13.9 Å². The summed E-state index contributed by atoms with van der Waals surface area (Å²) in [5, 5.41) is 9.39. The average Bonchev–Trinajstić information content (AvgIpc) is 2.39. The first-order valence-corrected chi connectivity index (χ1v) is 5.90. The molecular weight excluding hydrogens is 246 g/mol. The highest BCUT2D eigenvalue weighted by Gasteiger charge is 2.09. The maximum Gasteiger partial charge on any atom is 0.331 e. The summed E-state index contributed by atoms with van der Waals surface area (Å²) in [5.41, 5.74) is 5.37. The van der Waals surface area contributed by atoms with Crippen LogP contribution in [0.3, 0.4) is 0 Å². The van der Waals surface area contributed by atoms with E-state index in [4.69, 9.17) is 5.73 Å². The van der Waals surface area contributed by atoms with Crippen molar-refractivity contribution in [3.63, 3.8) is 0 Å². The molecule has 0 saturated heterocycles. The zero-order valence-corrected chi connectivity index (χ0v) is 10.5. The Kier molecular flexibility index (Phi) is 3.41. The Morgan fingerprint density at radius 3 is 2.68 bits per heavy atom. The fraction of sp³-hybridized carbons (Fsp3) is 0.231. The minimum Gasteiger partial charge on any atom is -0.508 e. The van der Waals surface area contributed by atoms with E-state index < -0.39 is 11.2 Å². The molecule has 1 aromatic carbocycles. The summed E-state index contributed by atoms with van der Waals surface area (Å²) in [7, 11) is 0.